The van der Waals surface area contributed by atoms with E-state index in [4.69, 9.17) is 0 Å². The molecule has 5 heterocycles. The summed E-state index contributed by atoms with van der Waals surface area (Å²) in [6.45, 7) is 5.16. The molecule has 0 aliphatic carbocycles. The van der Waals surface area contributed by atoms with E-state index in [9.17, 15) is 4.79 Å². The molecule has 1 fully saturated rings. The average molecular weight is 400 g/mol. The maximum absolute atomic E-state index is 12.7. The van der Waals surface area contributed by atoms with Crippen molar-refractivity contribution >= 4 is 22.2 Å². The Morgan fingerprint density at radius 2 is 1.96 bits per heavy atom. The molecule has 2 aliphatic heterocycles. The Balaban J connectivity index is 1.16. The smallest absolute Gasteiger partial charge is 0.228 e. The van der Waals surface area contributed by atoms with Gasteiger partial charge in [0, 0.05) is 56.9 Å². The van der Waals surface area contributed by atoms with Crippen molar-refractivity contribution in [3.05, 3.63) is 35.1 Å². The Bertz CT molecular complexity index is 938. The molecule has 0 atom stereocenters. The molecule has 0 bridgehead atoms. The van der Waals surface area contributed by atoms with Crippen LogP contribution in [0.1, 0.15) is 36.6 Å². The molecule has 3 aromatic heterocycles. The molecule has 1 saturated heterocycles. The highest BCUT2D eigenvalue weighted by Crippen LogP contribution is 2.17. The van der Waals surface area contributed by atoms with Crippen molar-refractivity contribution in [2.45, 2.75) is 45.2 Å². The monoisotopic (exact) mass is 399 g/mol. The normalized spacial score (nSPS) is 18.4. The van der Waals surface area contributed by atoms with E-state index >= 15 is 0 Å². The van der Waals surface area contributed by atoms with Crippen LogP contribution in [0.3, 0.4) is 0 Å². The number of nitrogens with zero attached hydrogens (tertiary/aromatic N) is 7. The van der Waals surface area contributed by atoms with Crippen molar-refractivity contribution < 1.29 is 4.79 Å². The minimum atomic E-state index is 0.168. The van der Waals surface area contributed by atoms with Crippen molar-refractivity contribution in [1.29, 1.82) is 0 Å². The zero-order valence-corrected chi connectivity index (χ0v) is 16.8. The third-order valence-corrected chi connectivity index (χ3v) is 6.52. The third kappa shape index (κ3) is 3.56. The van der Waals surface area contributed by atoms with Crippen LogP contribution < -0.4 is 0 Å². The summed E-state index contributed by atoms with van der Waals surface area (Å²) in [6.07, 6.45) is 9.06. The zero-order valence-electron chi connectivity index (χ0n) is 16.0. The van der Waals surface area contributed by atoms with E-state index in [1.54, 1.807) is 11.3 Å². The number of hydrogen-bond donors (Lipinski definition) is 0. The summed E-state index contributed by atoms with van der Waals surface area (Å²) < 4.78 is 4.29. The van der Waals surface area contributed by atoms with Crippen molar-refractivity contribution in [3.63, 3.8) is 0 Å². The summed E-state index contributed by atoms with van der Waals surface area (Å²) >= 11 is 1.59. The van der Waals surface area contributed by atoms with Crippen LogP contribution in [0.25, 0.3) is 4.96 Å². The maximum Gasteiger partial charge on any atom is 0.228 e. The Labute approximate surface area is 167 Å². The highest BCUT2D eigenvalue weighted by molar-refractivity contribution is 7.15. The summed E-state index contributed by atoms with van der Waals surface area (Å²) in [7, 11) is 0. The molecule has 0 spiro atoms. The highest BCUT2D eigenvalue weighted by Gasteiger charge is 2.24. The van der Waals surface area contributed by atoms with E-state index < -0.39 is 0 Å². The molecule has 148 valence electrons. The number of rotatable bonds is 4. The third-order valence-electron chi connectivity index (χ3n) is 5.75. The summed E-state index contributed by atoms with van der Waals surface area (Å²) in [4.78, 5) is 22.5. The van der Waals surface area contributed by atoms with Gasteiger partial charge in [-0.15, -0.1) is 21.5 Å². The molecule has 28 heavy (non-hydrogen) atoms. The van der Waals surface area contributed by atoms with E-state index in [1.165, 1.54) is 19.3 Å². The van der Waals surface area contributed by atoms with Gasteiger partial charge in [0.2, 0.25) is 5.91 Å². The Hall–Kier alpha value is -2.26. The van der Waals surface area contributed by atoms with Crippen LogP contribution in [-0.4, -0.2) is 66.0 Å². The topological polar surface area (TPSA) is 71.6 Å². The van der Waals surface area contributed by atoms with Gasteiger partial charge in [0.15, 0.2) is 4.96 Å². The fraction of sp³-hybridized carbons (Fsp3) is 0.579. The van der Waals surface area contributed by atoms with Gasteiger partial charge < -0.3 is 9.47 Å². The first-order chi connectivity index (χ1) is 13.8. The fourth-order valence-corrected chi connectivity index (χ4v) is 4.86. The molecular formula is C19H25N7OS. The van der Waals surface area contributed by atoms with Gasteiger partial charge in [-0.3, -0.25) is 14.1 Å². The van der Waals surface area contributed by atoms with E-state index in [-0.39, 0.29) is 5.91 Å². The number of amides is 1. The number of carbonyl (C=O) groups excluding carboxylic acids is 1. The van der Waals surface area contributed by atoms with E-state index in [0.29, 0.717) is 6.42 Å². The van der Waals surface area contributed by atoms with E-state index in [0.717, 1.165) is 68.0 Å². The van der Waals surface area contributed by atoms with Gasteiger partial charge in [-0.25, -0.2) is 4.98 Å². The van der Waals surface area contributed by atoms with Crippen LogP contribution >= 0.6 is 11.3 Å². The number of imidazole rings is 1. The first-order valence-electron chi connectivity index (χ1n) is 10.1. The van der Waals surface area contributed by atoms with Crippen LogP contribution in [0.2, 0.25) is 0 Å². The van der Waals surface area contributed by atoms with E-state index in [2.05, 4.69) is 24.6 Å². The number of aryl methyl sites for hydroxylation is 1. The van der Waals surface area contributed by atoms with Crippen molar-refractivity contribution in [1.82, 2.24) is 33.9 Å². The number of piperazine rings is 1. The predicted octanol–water partition coefficient (Wildman–Crippen LogP) is 1.60. The van der Waals surface area contributed by atoms with Gasteiger partial charge in [0.25, 0.3) is 0 Å². The number of fused-ring (bicyclic) bond motifs is 2. The summed E-state index contributed by atoms with van der Waals surface area (Å²) in [5.74, 6) is 2.39. The van der Waals surface area contributed by atoms with Crippen LogP contribution in [-0.2, 0) is 30.7 Å². The summed E-state index contributed by atoms with van der Waals surface area (Å²) in [5, 5.41) is 10.8. The Morgan fingerprint density at radius 3 is 2.82 bits per heavy atom. The van der Waals surface area contributed by atoms with Gasteiger partial charge in [0.1, 0.15) is 11.6 Å². The van der Waals surface area contributed by atoms with Gasteiger partial charge in [0.05, 0.1) is 18.7 Å². The molecule has 5 rings (SSSR count). The van der Waals surface area contributed by atoms with Crippen LogP contribution in [0.15, 0.2) is 17.8 Å². The molecule has 0 radical (unpaired) electrons. The van der Waals surface area contributed by atoms with Crippen molar-refractivity contribution in [2.24, 2.45) is 0 Å². The Kier molecular flexibility index (Phi) is 4.86. The van der Waals surface area contributed by atoms with Crippen molar-refractivity contribution in [2.75, 3.05) is 26.2 Å². The van der Waals surface area contributed by atoms with E-state index in [1.807, 2.05) is 27.1 Å². The zero-order chi connectivity index (χ0) is 18.9. The number of aromatic nitrogens is 5. The molecule has 0 saturated carbocycles. The standard InChI is InChI=1S/C19H25N7OS/c27-18(12-15-13-25-10-11-28-19(25)20-15)24-8-6-23(7-9-24)14-17-22-21-16-4-2-1-3-5-26(16)17/h10-11,13H,1-9,12,14H2. The molecule has 0 aromatic carbocycles. The fourth-order valence-electron chi connectivity index (χ4n) is 4.15. The van der Waals surface area contributed by atoms with Gasteiger partial charge in [-0.05, 0) is 12.8 Å². The largest absolute Gasteiger partial charge is 0.340 e. The minimum Gasteiger partial charge on any atom is -0.340 e. The molecule has 8 nitrogen and oxygen atoms in total. The van der Waals surface area contributed by atoms with Crippen LogP contribution in [0, 0.1) is 0 Å². The molecule has 1 amide bonds. The lowest BCUT2D eigenvalue weighted by atomic mass is 10.2. The first-order valence-corrected chi connectivity index (χ1v) is 11.0. The van der Waals surface area contributed by atoms with Crippen LogP contribution in [0.5, 0.6) is 0 Å². The van der Waals surface area contributed by atoms with Gasteiger partial charge >= 0.3 is 0 Å². The molecule has 2 aliphatic rings. The molecule has 3 aromatic rings. The molecule has 0 unspecified atom stereocenters. The number of hydrogen-bond acceptors (Lipinski definition) is 6. The number of thiazole rings is 1. The lowest BCUT2D eigenvalue weighted by Gasteiger charge is -2.34. The second kappa shape index (κ2) is 7.63. The highest BCUT2D eigenvalue weighted by atomic mass is 32.1. The second-order valence-corrected chi connectivity index (χ2v) is 8.53. The molecular weight excluding hydrogens is 374 g/mol. The first kappa shape index (κ1) is 17.8. The number of carbonyl (C=O) groups is 1. The summed E-state index contributed by atoms with van der Waals surface area (Å²) in [5.41, 5.74) is 0.852. The maximum atomic E-state index is 12.7. The van der Waals surface area contributed by atoms with Gasteiger partial charge in [-0.2, -0.15) is 0 Å². The van der Waals surface area contributed by atoms with Crippen LogP contribution in [0.4, 0.5) is 0 Å². The average Bonchev–Trinajstić information content (AvgIpc) is 3.33. The molecule has 0 N–H and O–H groups in total. The molecule has 9 heteroatoms. The SMILES string of the molecule is O=C(Cc1cn2ccsc2n1)N1CCN(Cc2nnc3n2CCCCC3)CC1. The van der Waals surface area contributed by atoms with Gasteiger partial charge in [-0.1, -0.05) is 6.42 Å². The second-order valence-electron chi connectivity index (χ2n) is 7.65. The quantitative estimate of drug-likeness (QED) is 0.666. The summed E-state index contributed by atoms with van der Waals surface area (Å²) in [6, 6.07) is 0. The van der Waals surface area contributed by atoms with Crippen molar-refractivity contribution in [3.8, 4) is 0 Å². The minimum absolute atomic E-state index is 0.168. The lowest BCUT2D eigenvalue weighted by molar-refractivity contribution is -0.132. The predicted molar refractivity (Wildman–Crippen MR) is 106 cm³/mol. The lowest BCUT2D eigenvalue weighted by Crippen LogP contribution is -2.49. The Morgan fingerprint density at radius 1 is 1.07 bits per heavy atom.